The van der Waals surface area contributed by atoms with Gasteiger partial charge in [0.2, 0.25) is 0 Å². The molecule has 2 rings (SSSR count). The van der Waals surface area contributed by atoms with Gasteiger partial charge in [-0.25, -0.2) is 0 Å². The maximum absolute atomic E-state index is 3.70. The summed E-state index contributed by atoms with van der Waals surface area (Å²) in [4.78, 5) is 2.60. The topological polar surface area (TPSA) is 15.3 Å². The Bertz CT molecular complexity index is 402. The Labute approximate surface area is 124 Å². The molecule has 0 spiro atoms. The quantitative estimate of drug-likeness (QED) is 0.828. The molecule has 20 heavy (non-hydrogen) atoms. The van der Waals surface area contributed by atoms with E-state index in [4.69, 9.17) is 0 Å². The van der Waals surface area contributed by atoms with E-state index >= 15 is 0 Å². The number of nitrogens with one attached hydrogen (secondary N) is 1. The first kappa shape index (κ1) is 15.4. The van der Waals surface area contributed by atoms with E-state index in [1.807, 2.05) is 0 Å². The predicted molar refractivity (Wildman–Crippen MR) is 88.4 cm³/mol. The normalized spacial score (nSPS) is 20.9. The second kappa shape index (κ2) is 7.68. The van der Waals surface area contributed by atoms with Crippen LogP contribution in [0.2, 0.25) is 0 Å². The van der Waals surface area contributed by atoms with Crippen molar-refractivity contribution in [2.24, 2.45) is 5.92 Å². The monoisotopic (exact) mass is 274 g/mol. The third-order valence-electron chi connectivity index (χ3n) is 4.36. The van der Waals surface area contributed by atoms with Crippen LogP contribution in [0.25, 0.3) is 0 Å². The molecule has 2 nitrogen and oxygen atoms in total. The lowest BCUT2D eigenvalue weighted by molar-refractivity contribution is 0.443. The van der Waals surface area contributed by atoms with Gasteiger partial charge in [0.25, 0.3) is 0 Å². The van der Waals surface area contributed by atoms with Crippen molar-refractivity contribution < 1.29 is 0 Å². The van der Waals surface area contributed by atoms with E-state index in [2.05, 4.69) is 55.3 Å². The molecule has 0 bridgehead atoms. The zero-order valence-electron chi connectivity index (χ0n) is 13.4. The summed E-state index contributed by atoms with van der Waals surface area (Å²) in [5.74, 6) is 0.820. The molecule has 1 saturated heterocycles. The van der Waals surface area contributed by atoms with Crippen molar-refractivity contribution in [1.82, 2.24) is 5.32 Å². The van der Waals surface area contributed by atoms with E-state index in [1.165, 1.54) is 43.6 Å². The van der Waals surface area contributed by atoms with Crippen molar-refractivity contribution in [1.29, 1.82) is 0 Å². The molecule has 1 aromatic rings. The minimum Gasteiger partial charge on any atom is -0.371 e. The van der Waals surface area contributed by atoms with Gasteiger partial charge in [0.15, 0.2) is 0 Å². The second-order valence-corrected chi connectivity index (χ2v) is 6.17. The van der Waals surface area contributed by atoms with Gasteiger partial charge in [-0.05, 0) is 49.8 Å². The number of nitrogens with zero attached hydrogens (tertiary/aromatic N) is 1. The van der Waals surface area contributed by atoms with Crippen LogP contribution in [0.5, 0.6) is 0 Å². The number of hydrogen-bond acceptors (Lipinski definition) is 2. The van der Waals surface area contributed by atoms with Crippen LogP contribution < -0.4 is 10.2 Å². The Kier molecular flexibility index (Phi) is 5.90. The van der Waals surface area contributed by atoms with Gasteiger partial charge in [-0.2, -0.15) is 0 Å². The van der Waals surface area contributed by atoms with E-state index in [0.717, 1.165) is 18.9 Å². The summed E-state index contributed by atoms with van der Waals surface area (Å²) in [7, 11) is 0. The molecule has 2 atom stereocenters. The number of piperidine rings is 1. The lowest BCUT2D eigenvalue weighted by Crippen LogP contribution is -2.35. The highest BCUT2D eigenvalue weighted by Crippen LogP contribution is 2.31. The van der Waals surface area contributed by atoms with Gasteiger partial charge in [-0.3, -0.25) is 0 Å². The number of anilines is 1. The number of rotatable bonds is 6. The van der Waals surface area contributed by atoms with Crippen molar-refractivity contribution in [3.63, 3.8) is 0 Å². The zero-order chi connectivity index (χ0) is 14.4. The SMILES string of the molecule is CCCNC(CC)c1ccccc1N1CCCC(C)C1. The Balaban J connectivity index is 2.19. The van der Waals surface area contributed by atoms with Crippen LogP contribution in [-0.2, 0) is 0 Å². The second-order valence-electron chi connectivity index (χ2n) is 6.17. The Morgan fingerprint density at radius 3 is 2.80 bits per heavy atom. The summed E-state index contributed by atoms with van der Waals surface area (Å²) in [6, 6.07) is 9.48. The molecule has 0 saturated carbocycles. The largest absolute Gasteiger partial charge is 0.371 e. The molecular formula is C18H30N2. The predicted octanol–water partition coefficient (Wildman–Crippen LogP) is 4.37. The molecular weight excluding hydrogens is 244 g/mol. The molecule has 1 aliphatic rings. The molecule has 0 aliphatic carbocycles. The van der Waals surface area contributed by atoms with Crippen LogP contribution in [0, 0.1) is 5.92 Å². The molecule has 0 radical (unpaired) electrons. The van der Waals surface area contributed by atoms with Gasteiger partial charge in [0.05, 0.1) is 0 Å². The number of para-hydroxylation sites is 1. The molecule has 1 aliphatic heterocycles. The molecule has 0 amide bonds. The van der Waals surface area contributed by atoms with Crippen molar-refractivity contribution in [2.75, 3.05) is 24.5 Å². The molecule has 2 unspecified atom stereocenters. The molecule has 1 heterocycles. The van der Waals surface area contributed by atoms with Crippen LogP contribution in [-0.4, -0.2) is 19.6 Å². The summed E-state index contributed by atoms with van der Waals surface area (Å²) in [6.45, 7) is 10.4. The van der Waals surface area contributed by atoms with Crippen LogP contribution in [0.3, 0.4) is 0 Å². The number of benzene rings is 1. The minimum atomic E-state index is 0.489. The van der Waals surface area contributed by atoms with Crippen molar-refractivity contribution >= 4 is 5.69 Å². The highest BCUT2D eigenvalue weighted by Gasteiger charge is 2.21. The molecule has 1 N–H and O–H groups in total. The summed E-state index contributed by atoms with van der Waals surface area (Å²) in [5, 5.41) is 3.70. The molecule has 112 valence electrons. The maximum atomic E-state index is 3.70. The van der Waals surface area contributed by atoms with Gasteiger partial charge in [-0.1, -0.05) is 39.0 Å². The van der Waals surface area contributed by atoms with Crippen molar-refractivity contribution in [2.45, 2.75) is 52.5 Å². The van der Waals surface area contributed by atoms with E-state index in [1.54, 1.807) is 0 Å². The summed E-state index contributed by atoms with van der Waals surface area (Å²) in [5.41, 5.74) is 2.94. The van der Waals surface area contributed by atoms with E-state index in [-0.39, 0.29) is 0 Å². The van der Waals surface area contributed by atoms with E-state index in [9.17, 15) is 0 Å². The minimum absolute atomic E-state index is 0.489. The molecule has 1 fully saturated rings. The zero-order valence-corrected chi connectivity index (χ0v) is 13.4. The molecule has 2 heteroatoms. The van der Waals surface area contributed by atoms with Gasteiger partial charge in [-0.15, -0.1) is 0 Å². The lowest BCUT2D eigenvalue weighted by Gasteiger charge is -2.35. The summed E-state index contributed by atoms with van der Waals surface area (Å²) < 4.78 is 0. The van der Waals surface area contributed by atoms with Crippen molar-refractivity contribution in [3.8, 4) is 0 Å². The van der Waals surface area contributed by atoms with Gasteiger partial charge >= 0.3 is 0 Å². The highest BCUT2D eigenvalue weighted by molar-refractivity contribution is 5.55. The van der Waals surface area contributed by atoms with Gasteiger partial charge in [0, 0.05) is 24.8 Å². The fourth-order valence-electron chi connectivity index (χ4n) is 3.27. The standard InChI is InChI=1S/C18H30N2/c1-4-12-19-17(5-2)16-10-6-7-11-18(16)20-13-8-9-15(3)14-20/h6-7,10-11,15,17,19H,4-5,8-9,12-14H2,1-3H3. The third kappa shape index (κ3) is 3.76. The smallest absolute Gasteiger partial charge is 0.0414 e. The summed E-state index contributed by atoms with van der Waals surface area (Å²) >= 11 is 0. The van der Waals surface area contributed by atoms with Crippen LogP contribution in [0.4, 0.5) is 5.69 Å². The molecule has 0 aromatic heterocycles. The fourth-order valence-corrected chi connectivity index (χ4v) is 3.27. The first-order valence-corrected chi connectivity index (χ1v) is 8.33. The third-order valence-corrected chi connectivity index (χ3v) is 4.36. The van der Waals surface area contributed by atoms with E-state index in [0.29, 0.717) is 6.04 Å². The summed E-state index contributed by atoms with van der Waals surface area (Å²) in [6.07, 6.45) is 5.05. The fraction of sp³-hybridized carbons (Fsp3) is 0.667. The Morgan fingerprint density at radius 2 is 2.10 bits per heavy atom. The maximum Gasteiger partial charge on any atom is 0.0414 e. The Morgan fingerprint density at radius 1 is 1.30 bits per heavy atom. The average Bonchev–Trinajstić information content (AvgIpc) is 2.48. The van der Waals surface area contributed by atoms with Gasteiger partial charge in [0.1, 0.15) is 0 Å². The van der Waals surface area contributed by atoms with Crippen LogP contribution in [0.1, 0.15) is 58.1 Å². The van der Waals surface area contributed by atoms with Crippen LogP contribution >= 0.6 is 0 Å². The molecule has 1 aromatic carbocycles. The van der Waals surface area contributed by atoms with Gasteiger partial charge < -0.3 is 10.2 Å². The van der Waals surface area contributed by atoms with Crippen molar-refractivity contribution in [3.05, 3.63) is 29.8 Å². The average molecular weight is 274 g/mol. The van der Waals surface area contributed by atoms with Crippen LogP contribution in [0.15, 0.2) is 24.3 Å². The van der Waals surface area contributed by atoms with E-state index < -0.39 is 0 Å². The first-order chi connectivity index (χ1) is 9.76. The Hall–Kier alpha value is -1.02. The first-order valence-electron chi connectivity index (χ1n) is 8.33. The highest BCUT2D eigenvalue weighted by atomic mass is 15.1. The number of hydrogen-bond donors (Lipinski definition) is 1. The lowest BCUT2D eigenvalue weighted by atomic mass is 9.96.